The molecule has 2 heterocycles. The van der Waals surface area contributed by atoms with E-state index in [0.717, 1.165) is 0 Å². The Kier molecular flexibility index (Phi) is 2.35. The number of nitrogens with zero attached hydrogens (tertiary/aromatic N) is 3. The van der Waals surface area contributed by atoms with Crippen molar-refractivity contribution in [3.8, 4) is 0 Å². The molecule has 0 aliphatic carbocycles. The van der Waals surface area contributed by atoms with Crippen LogP contribution in [-0.4, -0.2) is 40.7 Å². The number of hydrazine groups is 2. The first kappa shape index (κ1) is 7.76. The average molecular weight is 165 g/mol. The molecule has 0 aromatic carbocycles. The summed E-state index contributed by atoms with van der Waals surface area (Å²) < 4.78 is 1.92. The van der Waals surface area contributed by atoms with Crippen molar-refractivity contribution in [2.24, 2.45) is 0 Å². The Hall–Kier alpha value is 0.660. The fourth-order valence-corrected chi connectivity index (χ4v) is 0.984. The minimum absolute atomic E-state index is 0. The molecular formula is C4H12N3PS. The van der Waals surface area contributed by atoms with Crippen molar-refractivity contribution in [1.82, 2.24) is 14.5 Å². The lowest BCUT2D eigenvalue weighted by Crippen LogP contribution is -2.24. The molecule has 0 spiro atoms. The van der Waals surface area contributed by atoms with Crippen LogP contribution in [0, 0.1) is 0 Å². The van der Waals surface area contributed by atoms with E-state index >= 15 is 0 Å². The summed E-state index contributed by atoms with van der Waals surface area (Å²) in [6, 6.07) is 0. The van der Waals surface area contributed by atoms with Gasteiger partial charge in [0.05, 0.1) is 0 Å². The Morgan fingerprint density at radius 3 is 1.56 bits per heavy atom. The van der Waals surface area contributed by atoms with Crippen molar-refractivity contribution in [3.63, 3.8) is 0 Å². The fourth-order valence-electron chi connectivity index (χ4n) is 0.626. The van der Waals surface area contributed by atoms with Crippen LogP contribution in [0.4, 0.5) is 0 Å². The first-order chi connectivity index (χ1) is 3.88. The van der Waals surface area contributed by atoms with Gasteiger partial charge in [0.15, 0.2) is 0 Å². The van der Waals surface area contributed by atoms with Crippen LogP contribution in [-0.2, 0) is 0 Å². The molecule has 54 valence electrons. The standard InChI is InChI=1S/C4H9N3S.H3P/c8-7(5-1-2-5)6-3-4-6;/h8H,1-4H2;1H3. The second kappa shape index (κ2) is 2.72. The molecule has 0 N–H and O–H groups in total. The first-order valence-corrected chi connectivity index (χ1v) is 3.26. The van der Waals surface area contributed by atoms with Gasteiger partial charge >= 0.3 is 0 Å². The summed E-state index contributed by atoms with van der Waals surface area (Å²) in [5.74, 6) is 0. The van der Waals surface area contributed by atoms with Gasteiger partial charge in [0.1, 0.15) is 0 Å². The van der Waals surface area contributed by atoms with Gasteiger partial charge in [-0.3, -0.25) is 0 Å². The largest absolute Gasteiger partial charge is 0.215 e. The SMILES string of the molecule is P.SN(N1CC1)N1CC1. The molecule has 3 nitrogen and oxygen atoms in total. The lowest BCUT2D eigenvalue weighted by Gasteiger charge is -2.14. The zero-order valence-corrected chi connectivity index (χ0v) is 7.63. The van der Waals surface area contributed by atoms with E-state index < -0.39 is 0 Å². The summed E-state index contributed by atoms with van der Waals surface area (Å²) in [6.45, 7) is 4.72. The lowest BCUT2D eigenvalue weighted by atomic mass is 11.0. The monoisotopic (exact) mass is 165 g/mol. The lowest BCUT2D eigenvalue weighted by molar-refractivity contribution is 0.0727. The van der Waals surface area contributed by atoms with Gasteiger partial charge in [0, 0.05) is 26.2 Å². The molecule has 0 bridgehead atoms. The minimum Gasteiger partial charge on any atom is -0.215 e. The molecule has 2 aliphatic rings. The predicted octanol–water partition coefficient (Wildman–Crippen LogP) is -0.348. The molecule has 2 fully saturated rings. The van der Waals surface area contributed by atoms with Crippen LogP contribution in [0.25, 0.3) is 0 Å². The second-order valence-corrected chi connectivity index (χ2v) is 2.53. The molecule has 0 aromatic heterocycles. The molecule has 0 saturated carbocycles. The molecule has 1 atom stereocenters. The summed E-state index contributed by atoms with van der Waals surface area (Å²) in [5.41, 5.74) is 0. The van der Waals surface area contributed by atoms with Crippen LogP contribution in [0.15, 0.2) is 0 Å². The molecular weight excluding hydrogens is 153 g/mol. The van der Waals surface area contributed by atoms with Crippen LogP contribution >= 0.6 is 22.7 Å². The molecule has 1 unspecified atom stereocenters. The summed E-state index contributed by atoms with van der Waals surface area (Å²) in [7, 11) is 0. The second-order valence-electron chi connectivity index (χ2n) is 2.18. The predicted molar refractivity (Wildman–Crippen MR) is 45.1 cm³/mol. The highest BCUT2D eigenvalue weighted by atomic mass is 32.1. The molecule has 2 aliphatic heterocycles. The van der Waals surface area contributed by atoms with Crippen LogP contribution in [0.2, 0.25) is 0 Å². The van der Waals surface area contributed by atoms with Gasteiger partial charge in [-0.25, -0.2) is 10.0 Å². The van der Waals surface area contributed by atoms with Crippen molar-refractivity contribution in [3.05, 3.63) is 0 Å². The molecule has 0 radical (unpaired) electrons. The molecule has 2 rings (SSSR count). The summed E-state index contributed by atoms with van der Waals surface area (Å²) in [5, 5.41) is 4.35. The minimum atomic E-state index is 0. The normalized spacial score (nSPS) is 26.0. The van der Waals surface area contributed by atoms with E-state index in [4.69, 9.17) is 0 Å². The van der Waals surface area contributed by atoms with E-state index in [1.165, 1.54) is 26.2 Å². The smallest absolute Gasteiger partial charge is 0.0299 e. The zero-order valence-electron chi connectivity index (χ0n) is 5.32. The van der Waals surface area contributed by atoms with Gasteiger partial charge in [-0.1, -0.05) is 12.8 Å². The van der Waals surface area contributed by atoms with E-state index in [1.807, 2.05) is 4.52 Å². The van der Waals surface area contributed by atoms with E-state index in [1.54, 1.807) is 0 Å². The highest BCUT2D eigenvalue weighted by molar-refractivity contribution is 7.77. The Labute approximate surface area is 64.1 Å². The van der Waals surface area contributed by atoms with Crippen molar-refractivity contribution in [1.29, 1.82) is 0 Å². The fraction of sp³-hybridized carbons (Fsp3) is 1.00. The Morgan fingerprint density at radius 2 is 1.33 bits per heavy atom. The molecule has 2 saturated heterocycles. The maximum Gasteiger partial charge on any atom is 0.0299 e. The quantitative estimate of drug-likeness (QED) is 0.340. The third-order valence-corrected chi connectivity index (χ3v) is 1.86. The zero-order chi connectivity index (χ0) is 5.56. The van der Waals surface area contributed by atoms with Gasteiger partial charge in [0.25, 0.3) is 0 Å². The van der Waals surface area contributed by atoms with Crippen molar-refractivity contribution in [2.45, 2.75) is 0 Å². The van der Waals surface area contributed by atoms with Gasteiger partial charge in [0.2, 0.25) is 0 Å². The molecule has 0 aromatic rings. The Bertz CT molecular complexity index is 92.0. The van der Waals surface area contributed by atoms with E-state index in [-0.39, 0.29) is 9.90 Å². The van der Waals surface area contributed by atoms with Gasteiger partial charge in [-0.05, 0) is 0 Å². The Morgan fingerprint density at radius 1 is 1.00 bits per heavy atom. The average Bonchev–Trinajstić information content (AvgIpc) is 2.63. The van der Waals surface area contributed by atoms with Gasteiger partial charge in [-0.15, -0.1) is 4.52 Å². The topological polar surface area (TPSA) is 9.26 Å². The number of hydrogen-bond acceptors (Lipinski definition) is 4. The van der Waals surface area contributed by atoms with Crippen LogP contribution in [0.5, 0.6) is 0 Å². The summed E-state index contributed by atoms with van der Waals surface area (Å²) in [6.07, 6.45) is 0. The molecule has 0 amide bonds. The van der Waals surface area contributed by atoms with Crippen molar-refractivity contribution < 1.29 is 0 Å². The summed E-state index contributed by atoms with van der Waals surface area (Å²) in [4.78, 5) is 0. The molecule has 9 heavy (non-hydrogen) atoms. The van der Waals surface area contributed by atoms with Crippen LogP contribution in [0.3, 0.4) is 0 Å². The summed E-state index contributed by atoms with van der Waals surface area (Å²) >= 11 is 4.23. The maximum atomic E-state index is 4.23. The van der Waals surface area contributed by atoms with E-state index in [2.05, 4.69) is 22.8 Å². The third kappa shape index (κ3) is 1.79. The van der Waals surface area contributed by atoms with Gasteiger partial charge in [-0.2, -0.15) is 9.90 Å². The van der Waals surface area contributed by atoms with Gasteiger partial charge < -0.3 is 0 Å². The van der Waals surface area contributed by atoms with Crippen molar-refractivity contribution in [2.75, 3.05) is 26.2 Å². The van der Waals surface area contributed by atoms with Crippen molar-refractivity contribution >= 4 is 22.7 Å². The maximum absolute atomic E-state index is 4.23. The van der Waals surface area contributed by atoms with E-state index in [0.29, 0.717) is 0 Å². The highest BCUT2D eigenvalue weighted by Gasteiger charge is 2.33. The van der Waals surface area contributed by atoms with Crippen LogP contribution in [0.1, 0.15) is 0 Å². The highest BCUT2D eigenvalue weighted by Crippen LogP contribution is 2.19. The Balaban J connectivity index is 0.000000405. The number of thiol groups is 1. The first-order valence-electron chi connectivity index (χ1n) is 2.86. The van der Waals surface area contributed by atoms with E-state index in [9.17, 15) is 0 Å². The number of rotatable bonds is 2. The number of hydrogen-bond donors (Lipinski definition) is 1. The molecule has 5 heteroatoms. The third-order valence-electron chi connectivity index (χ3n) is 1.35. The van der Waals surface area contributed by atoms with Crippen LogP contribution < -0.4 is 0 Å².